The number of rotatable bonds is 6. The molecular weight excluding hydrogens is 318 g/mol. The first-order valence-electron chi connectivity index (χ1n) is 8.61. The van der Waals surface area contributed by atoms with Gasteiger partial charge in [-0.1, -0.05) is 36.4 Å². The largest absolute Gasteiger partial charge is 0.493 e. The van der Waals surface area contributed by atoms with Crippen molar-refractivity contribution in [2.45, 2.75) is 26.2 Å². The Morgan fingerprint density at radius 2 is 1.96 bits per heavy atom. The second-order valence-electron chi connectivity index (χ2n) is 6.86. The number of carboxylic acids is 1. The lowest BCUT2D eigenvalue weighted by atomic mass is 9.90. The number of fused-ring (bicyclic) bond motifs is 1. The molecule has 1 aliphatic heterocycles. The van der Waals surface area contributed by atoms with Crippen molar-refractivity contribution < 1.29 is 19.4 Å². The topological polar surface area (TPSA) is 66.8 Å². The molecule has 0 bridgehead atoms. The number of hydrogen-bond acceptors (Lipinski definition) is 3. The Morgan fingerprint density at radius 3 is 2.72 bits per heavy atom. The van der Waals surface area contributed by atoms with Crippen LogP contribution in [0.25, 0.3) is 10.8 Å². The van der Waals surface area contributed by atoms with Gasteiger partial charge in [0.05, 0.1) is 12.0 Å². The van der Waals surface area contributed by atoms with Crippen molar-refractivity contribution in [3.8, 4) is 5.75 Å². The average molecular weight is 341 g/mol. The first-order chi connectivity index (χ1) is 12.0. The molecule has 1 heterocycles. The molecule has 1 amide bonds. The summed E-state index contributed by atoms with van der Waals surface area (Å²) >= 11 is 0. The summed E-state index contributed by atoms with van der Waals surface area (Å²) in [5, 5.41) is 11.4. The molecule has 0 aromatic heterocycles. The third-order valence-corrected chi connectivity index (χ3v) is 4.88. The number of nitrogens with zero attached hydrogens (tertiary/aromatic N) is 1. The van der Waals surface area contributed by atoms with Gasteiger partial charge in [-0.15, -0.1) is 0 Å². The maximum Gasteiger partial charge on any atom is 0.311 e. The van der Waals surface area contributed by atoms with Crippen molar-refractivity contribution in [2.24, 2.45) is 5.41 Å². The van der Waals surface area contributed by atoms with E-state index in [9.17, 15) is 14.7 Å². The molecular formula is C20H23NO4. The molecule has 1 saturated heterocycles. The van der Waals surface area contributed by atoms with E-state index in [1.165, 1.54) is 0 Å². The monoisotopic (exact) mass is 341 g/mol. The second-order valence-corrected chi connectivity index (χ2v) is 6.86. The van der Waals surface area contributed by atoms with Crippen molar-refractivity contribution >= 4 is 22.6 Å². The van der Waals surface area contributed by atoms with E-state index in [2.05, 4.69) is 0 Å². The zero-order chi connectivity index (χ0) is 17.9. The van der Waals surface area contributed by atoms with Gasteiger partial charge < -0.3 is 14.7 Å². The van der Waals surface area contributed by atoms with Gasteiger partial charge in [0, 0.05) is 24.9 Å². The zero-order valence-electron chi connectivity index (χ0n) is 14.4. The predicted molar refractivity (Wildman–Crippen MR) is 95.6 cm³/mol. The maximum absolute atomic E-state index is 12.3. The van der Waals surface area contributed by atoms with E-state index in [1.54, 1.807) is 11.8 Å². The zero-order valence-corrected chi connectivity index (χ0v) is 14.4. The fourth-order valence-corrected chi connectivity index (χ4v) is 3.23. The summed E-state index contributed by atoms with van der Waals surface area (Å²) in [5.41, 5.74) is -0.810. The minimum atomic E-state index is -0.831. The number of amides is 1. The molecule has 0 aliphatic carbocycles. The molecule has 0 radical (unpaired) electrons. The summed E-state index contributed by atoms with van der Waals surface area (Å²) in [7, 11) is 0. The third kappa shape index (κ3) is 3.76. The predicted octanol–water partition coefficient (Wildman–Crippen LogP) is 3.32. The lowest BCUT2D eigenvalue weighted by molar-refractivity contribution is -0.147. The van der Waals surface area contributed by atoms with Crippen molar-refractivity contribution in [3.05, 3.63) is 42.5 Å². The van der Waals surface area contributed by atoms with Crippen LogP contribution in [0.5, 0.6) is 5.75 Å². The van der Waals surface area contributed by atoms with E-state index in [0.29, 0.717) is 39.0 Å². The number of hydrogen-bond donors (Lipinski definition) is 1. The van der Waals surface area contributed by atoms with E-state index in [1.807, 2.05) is 42.5 Å². The van der Waals surface area contributed by atoms with Gasteiger partial charge in [0.1, 0.15) is 5.75 Å². The van der Waals surface area contributed by atoms with Crippen LogP contribution in [0.2, 0.25) is 0 Å². The van der Waals surface area contributed by atoms with Crippen molar-refractivity contribution in [3.63, 3.8) is 0 Å². The number of carbonyl (C=O) groups is 2. The van der Waals surface area contributed by atoms with Gasteiger partial charge >= 0.3 is 5.97 Å². The molecule has 1 N–H and O–H groups in total. The van der Waals surface area contributed by atoms with Crippen molar-refractivity contribution in [1.29, 1.82) is 0 Å². The molecule has 2 aromatic carbocycles. The number of carboxylic acid groups (broad SMARTS) is 1. The number of benzene rings is 2. The molecule has 132 valence electrons. The Bertz CT molecular complexity index is 783. The molecule has 1 unspecified atom stereocenters. The van der Waals surface area contributed by atoms with Crippen molar-refractivity contribution in [1.82, 2.24) is 4.90 Å². The quantitative estimate of drug-likeness (QED) is 0.819. The minimum Gasteiger partial charge on any atom is -0.493 e. The third-order valence-electron chi connectivity index (χ3n) is 4.88. The highest BCUT2D eigenvalue weighted by Crippen LogP contribution is 2.30. The van der Waals surface area contributed by atoms with Crippen LogP contribution in [0.4, 0.5) is 0 Å². The summed E-state index contributed by atoms with van der Waals surface area (Å²) < 4.78 is 5.85. The summed E-state index contributed by atoms with van der Waals surface area (Å²) in [5.74, 6) is -0.00115. The number of likely N-dealkylation sites (tertiary alicyclic amines) is 1. The number of carbonyl (C=O) groups excluding carboxylic acids is 1. The Hall–Kier alpha value is -2.56. The molecule has 1 aliphatic rings. The van der Waals surface area contributed by atoms with E-state index in [0.717, 1.165) is 16.5 Å². The summed E-state index contributed by atoms with van der Waals surface area (Å²) in [4.78, 5) is 25.2. The van der Waals surface area contributed by atoms with E-state index >= 15 is 0 Å². The van der Waals surface area contributed by atoms with Gasteiger partial charge in [-0.3, -0.25) is 9.59 Å². The number of ether oxygens (including phenoxy) is 1. The van der Waals surface area contributed by atoms with Crippen LogP contribution in [0, 0.1) is 5.41 Å². The Morgan fingerprint density at radius 1 is 1.20 bits per heavy atom. The van der Waals surface area contributed by atoms with Crippen LogP contribution in [0.1, 0.15) is 26.2 Å². The van der Waals surface area contributed by atoms with Crippen LogP contribution < -0.4 is 4.74 Å². The maximum atomic E-state index is 12.3. The second kappa shape index (κ2) is 7.13. The SMILES string of the molecule is CC1(C(=O)O)CCN(C(=O)CCCOc2cccc3ccccc23)C1. The Balaban J connectivity index is 1.49. The van der Waals surface area contributed by atoms with Gasteiger partial charge in [-0.2, -0.15) is 0 Å². The molecule has 5 heteroatoms. The molecule has 1 fully saturated rings. The van der Waals surface area contributed by atoms with E-state index < -0.39 is 11.4 Å². The summed E-state index contributed by atoms with van der Waals surface area (Å²) in [6, 6.07) is 14.0. The molecule has 0 spiro atoms. The smallest absolute Gasteiger partial charge is 0.311 e. The van der Waals surface area contributed by atoms with Crippen LogP contribution in [-0.4, -0.2) is 41.6 Å². The first-order valence-corrected chi connectivity index (χ1v) is 8.61. The molecule has 5 nitrogen and oxygen atoms in total. The average Bonchev–Trinajstić information content (AvgIpc) is 3.02. The van der Waals surface area contributed by atoms with Gasteiger partial charge in [0.15, 0.2) is 0 Å². The molecule has 25 heavy (non-hydrogen) atoms. The molecule has 0 saturated carbocycles. The van der Waals surface area contributed by atoms with Crippen LogP contribution >= 0.6 is 0 Å². The fourth-order valence-electron chi connectivity index (χ4n) is 3.23. The highest BCUT2D eigenvalue weighted by molar-refractivity contribution is 5.88. The summed E-state index contributed by atoms with van der Waals surface area (Å²) in [6.07, 6.45) is 1.50. The van der Waals surface area contributed by atoms with Gasteiger partial charge in [-0.25, -0.2) is 0 Å². The van der Waals surface area contributed by atoms with Crippen molar-refractivity contribution in [2.75, 3.05) is 19.7 Å². The molecule has 3 rings (SSSR count). The summed E-state index contributed by atoms with van der Waals surface area (Å²) in [6.45, 7) is 2.98. The molecule has 2 aromatic rings. The van der Waals surface area contributed by atoms with E-state index in [4.69, 9.17) is 4.74 Å². The highest BCUT2D eigenvalue weighted by atomic mass is 16.5. The number of aliphatic carboxylic acids is 1. The van der Waals surface area contributed by atoms with Crippen LogP contribution in [0.3, 0.4) is 0 Å². The minimum absolute atomic E-state index is 0.00601. The standard InChI is InChI=1S/C20H23NO4/c1-20(19(23)24)11-12-21(14-20)18(22)10-5-13-25-17-9-4-7-15-6-2-3-8-16(15)17/h2-4,6-9H,5,10-14H2,1H3,(H,23,24). The Kier molecular flexibility index (Phi) is 4.93. The Labute approximate surface area is 147 Å². The first kappa shape index (κ1) is 17.3. The van der Waals surface area contributed by atoms with Crippen LogP contribution in [0.15, 0.2) is 42.5 Å². The van der Waals surface area contributed by atoms with E-state index in [-0.39, 0.29) is 5.91 Å². The van der Waals surface area contributed by atoms with Crippen LogP contribution in [-0.2, 0) is 9.59 Å². The van der Waals surface area contributed by atoms with Gasteiger partial charge in [0.25, 0.3) is 0 Å². The lowest BCUT2D eigenvalue weighted by Crippen LogP contribution is -2.34. The van der Waals surface area contributed by atoms with Gasteiger partial charge in [0.2, 0.25) is 5.91 Å². The van der Waals surface area contributed by atoms with Gasteiger partial charge in [-0.05, 0) is 31.2 Å². The lowest BCUT2D eigenvalue weighted by Gasteiger charge is -2.20. The fraction of sp³-hybridized carbons (Fsp3) is 0.400. The molecule has 1 atom stereocenters. The highest BCUT2D eigenvalue weighted by Gasteiger charge is 2.41. The normalized spacial score (nSPS) is 20.0.